The predicted molar refractivity (Wildman–Crippen MR) is 72.7 cm³/mol. The number of rotatable bonds is 8. The van der Waals surface area contributed by atoms with Gasteiger partial charge >= 0.3 is 23.9 Å². The van der Waals surface area contributed by atoms with Crippen molar-refractivity contribution in [1.29, 1.82) is 0 Å². The lowest BCUT2D eigenvalue weighted by Crippen LogP contribution is -2.61. The van der Waals surface area contributed by atoms with E-state index in [0.717, 1.165) is 12.1 Å². The van der Waals surface area contributed by atoms with Crippen LogP contribution in [0.3, 0.4) is 0 Å². The van der Waals surface area contributed by atoms with E-state index in [2.05, 4.69) is 0 Å². The molecule has 0 aromatic heterocycles. The fraction of sp³-hybridized carbons (Fsp3) is 0.600. The molecule has 11 heteroatoms. The topological polar surface area (TPSA) is 29.5 Å². The summed E-state index contributed by atoms with van der Waals surface area (Å²) in [5.74, 6) is -19.3. The third-order valence-electron chi connectivity index (χ3n) is 3.40. The van der Waals surface area contributed by atoms with E-state index in [9.17, 15) is 44.6 Å². The first-order chi connectivity index (χ1) is 11.7. The summed E-state index contributed by atoms with van der Waals surface area (Å²) in [6, 6.07) is 4.42. The van der Waals surface area contributed by atoms with Gasteiger partial charge in [-0.3, -0.25) is 0 Å². The van der Waals surface area contributed by atoms with Crippen molar-refractivity contribution in [1.82, 2.24) is 0 Å². The van der Waals surface area contributed by atoms with Gasteiger partial charge in [-0.25, -0.2) is 0 Å². The van der Waals surface area contributed by atoms with Gasteiger partial charge in [0.1, 0.15) is 5.75 Å². The number of alkyl halides is 9. The van der Waals surface area contributed by atoms with Gasteiger partial charge in [0.15, 0.2) is 0 Å². The molecule has 0 saturated carbocycles. The maximum Gasteiger partial charge on any atom is 0.460 e. The summed E-state index contributed by atoms with van der Waals surface area (Å²) in [5.41, 5.74) is -0.375. The largest absolute Gasteiger partial charge is 0.494 e. The number of ether oxygens (including phenoxy) is 1. The van der Waals surface area contributed by atoms with Gasteiger partial charge in [-0.05, 0) is 24.1 Å². The van der Waals surface area contributed by atoms with E-state index in [0.29, 0.717) is 13.0 Å². The Kier molecular flexibility index (Phi) is 6.49. The molecule has 0 spiro atoms. The monoisotopic (exact) mass is 398 g/mol. The van der Waals surface area contributed by atoms with Crippen LogP contribution in [0.25, 0.3) is 0 Å². The highest BCUT2D eigenvalue weighted by atomic mass is 19.4. The molecule has 0 amide bonds. The molecule has 0 aliphatic heterocycles. The van der Waals surface area contributed by atoms with Crippen LogP contribution in [0.5, 0.6) is 5.75 Å². The molecule has 0 aliphatic rings. The normalized spacial score (nSPS) is 15.0. The third kappa shape index (κ3) is 4.36. The highest BCUT2D eigenvalue weighted by Crippen LogP contribution is 2.55. The average Bonchev–Trinajstić information content (AvgIpc) is 2.51. The van der Waals surface area contributed by atoms with Crippen molar-refractivity contribution in [3.8, 4) is 5.75 Å². The molecule has 0 radical (unpaired) electrons. The summed E-state index contributed by atoms with van der Waals surface area (Å²) in [6.07, 6.45) is -11.0. The van der Waals surface area contributed by atoms with E-state index in [-0.39, 0.29) is 11.3 Å². The zero-order valence-electron chi connectivity index (χ0n) is 13.3. The lowest BCUT2D eigenvalue weighted by Gasteiger charge is -2.34. The molecule has 1 rings (SSSR count). The van der Waals surface area contributed by atoms with Gasteiger partial charge in [0.25, 0.3) is 0 Å². The van der Waals surface area contributed by atoms with Crippen molar-refractivity contribution in [2.45, 2.75) is 49.8 Å². The Labute approximate surface area is 142 Å². The minimum Gasteiger partial charge on any atom is -0.494 e. The van der Waals surface area contributed by atoms with E-state index >= 15 is 0 Å². The summed E-state index contributed by atoms with van der Waals surface area (Å²) in [5, 5.41) is 9.57. The zero-order chi connectivity index (χ0) is 20.4. The molecule has 0 aliphatic carbocycles. The van der Waals surface area contributed by atoms with Crippen LogP contribution in [-0.4, -0.2) is 35.7 Å². The second kappa shape index (κ2) is 7.53. The maximum absolute atomic E-state index is 13.5. The smallest absolute Gasteiger partial charge is 0.460 e. The van der Waals surface area contributed by atoms with Crippen molar-refractivity contribution in [2.75, 3.05) is 6.61 Å². The number of hydrogen-bond donors (Lipinski definition) is 1. The van der Waals surface area contributed by atoms with Crippen molar-refractivity contribution >= 4 is 0 Å². The number of aliphatic hydroxyl groups is 1. The van der Waals surface area contributed by atoms with Gasteiger partial charge < -0.3 is 9.84 Å². The van der Waals surface area contributed by atoms with E-state index in [1.54, 1.807) is 6.92 Å². The van der Waals surface area contributed by atoms with Crippen molar-refractivity contribution in [2.24, 2.45) is 0 Å². The molecule has 0 fully saturated rings. The van der Waals surface area contributed by atoms with Crippen LogP contribution >= 0.6 is 0 Å². The molecule has 26 heavy (non-hydrogen) atoms. The Balaban J connectivity index is 2.97. The van der Waals surface area contributed by atoms with Crippen molar-refractivity contribution in [3.63, 3.8) is 0 Å². The first-order valence-corrected chi connectivity index (χ1v) is 7.28. The molecule has 0 heterocycles. The Morgan fingerprint density at radius 3 is 1.81 bits per heavy atom. The van der Waals surface area contributed by atoms with Crippen molar-refractivity contribution in [3.05, 3.63) is 29.8 Å². The zero-order valence-corrected chi connectivity index (χ0v) is 13.3. The summed E-state index contributed by atoms with van der Waals surface area (Å²) in [4.78, 5) is 0. The summed E-state index contributed by atoms with van der Waals surface area (Å²) < 4.78 is 120. The van der Waals surface area contributed by atoms with Crippen LogP contribution in [0, 0.1) is 0 Å². The predicted octanol–water partition coefficient (Wildman–Crippen LogP) is 5.37. The van der Waals surface area contributed by atoms with Crippen LogP contribution in [0.15, 0.2) is 24.3 Å². The third-order valence-corrected chi connectivity index (χ3v) is 3.40. The lowest BCUT2D eigenvalue weighted by atomic mass is 9.95. The average molecular weight is 398 g/mol. The summed E-state index contributed by atoms with van der Waals surface area (Å²) >= 11 is 0. The molecule has 1 N–H and O–H groups in total. The fourth-order valence-electron chi connectivity index (χ4n) is 1.90. The number of halogens is 9. The van der Waals surface area contributed by atoms with Crippen LogP contribution < -0.4 is 4.74 Å². The quantitative estimate of drug-likeness (QED) is 0.597. The second-order valence-electron chi connectivity index (χ2n) is 5.49. The minimum atomic E-state index is -6.97. The van der Waals surface area contributed by atoms with Gasteiger partial charge in [0.2, 0.25) is 0 Å². The molecule has 1 unspecified atom stereocenters. The molecule has 1 aromatic rings. The SMILES string of the molecule is CCCOc1ccc(C(O)CC(F)(F)C(F)(F)C(F)(F)C(F)(F)F)cc1. The van der Waals surface area contributed by atoms with E-state index in [1.807, 2.05) is 0 Å². The van der Waals surface area contributed by atoms with Crippen LogP contribution in [-0.2, 0) is 0 Å². The fourth-order valence-corrected chi connectivity index (χ4v) is 1.90. The molecule has 150 valence electrons. The number of aliphatic hydroxyl groups excluding tert-OH is 1. The lowest BCUT2D eigenvalue weighted by molar-refractivity contribution is -0.398. The highest BCUT2D eigenvalue weighted by Gasteiger charge is 2.81. The molecule has 1 atom stereocenters. The molecular formula is C15H15F9O2. The molecule has 0 saturated heterocycles. The maximum atomic E-state index is 13.5. The molecule has 1 aromatic carbocycles. The van der Waals surface area contributed by atoms with E-state index in [4.69, 9.17) is 4.74 Å². The first-order valence-electron chi connectivity index (χ1n) is 7.28. The van der Waals surface area contributed by atoms with Gasteiger partial charge in [-0.2, -0.15) is 39.5 Å². The Hall–Kier alpha value is -1.65. The van der Waals surface area contributed by atoms with Gasteiger partial charge in [-0.15, -0.1) is 0 Å². The summed E-state index contributed by atoms with van der Waals surface area (Å²) in [7, 11) is 0. The van der Waals surface area contributed by atoms with E-state index < -0.39 is 36.5 Å². The van der Waals surface area contributed by atoms with Crippen LogP contribution in [0.1, 0.15) is 31.4 Å². The molecule has 2 nitrogen and oxygen atoms in total. The van der Waals surface area contributed by atoms with Crippen LogP contribution in [0.4, 0.5) is 39.5 Å². The Bertz CT molecular complexity index is 582. The van der Waals surface area contributed by atoms with Crippen LogP contribution in [0.2, 0.25) is 0 Å². The highest BCUT2D eigenvalue weighted by molar-refractivity contribution is 5.28. The Morgan fingerprint density at radius 1 is 0.885 bits per heavy atom. The Morgan fingerprint density at radius 2 is 1.38 bits per heavy atom. The van der Waals surface area contributed by atoms with Gasteiger partial charge in [-0.1, -0.05) is 19.1 Å². The summed E-state index contributed by atoms with van der Waals surface area (Å²) in [6.45, 7) is 2.12. The van der Waals surface area contributed by atoms with Gasteiger partial charge in [0.05, 0.1) is 12.7 Å². The number of hydrogen-bond acceptors (Lipinski definition) is 2. The first kappa shape index (κ1) is 22.4. The second-order valence-corrected chi connectivity index (χ2v) is 5.49. The van der Waals surface area contributed by atoms with Crippen molar-refractivity contribution < 1.29 is 49.4 Å². The van der Waals surface area contributed by atoms with Gasteiger partial charge in [0, 0.05) is 6.42 Å². The molecular weight excluding hydrogens is 383 g/mol. The number of benzene rings is 1. The standard InChI is InChI=1S/C15H15F9O2/c1-2-7-26-10-5-3-9(4-6-10)11(25)8-12(16,17)13(18,19)14(20,21)15(22,23)24/h3-6,11,25H,2,7-8H2,1H3. The minimum absolute atomic E-state index is 0.267. The van der Waals surface area contributed by atoms with E-state index in [1.165, 1.54) is 12.1 Å². The molecule has 0 bridgehead atoms.